The van der Waals surface area contributed by atoms with Crippen LogP contribution in [0.2, 0.25) is 0 Å². The molecule has 0 bridgehead atoms. The summed E-state index contributed by atoms with van der Waals surface area (Å²) >= 11 is 0. The minimum atomic E-state index is -1.14. The molecule has 0 spiro atoms. The summed E-state index contributed by atoms with van der Waals surface area (Å²) in [5, 5.41) is 11.3. The van der Waals surface area contributed by atoms with Gasteiger partial charge in [-0.15, -0.1) is 0 Å². The second-order valence-corrected chi connectivity index (χ2v) is 2.69. The number of nitrogens with zero attached hydrogens (tertiary/aromatic N) is 2. The molecule has 1 aromatic heterocycles. The lowest BCUT2D eigenvalue weighted by Gasteiger charge is -2.04. The molecule has 0 saturated heterocycles. The zero-order valence-corrected chi connectivity index (χ0v) is 8.21. The van der Waals surface area contributed by atoms with Crippen LogP contribution in [0, 0.1) is 0 Å². The number of carbonyl (C=O) groups excluding carboxylic acids is 1. The number of nitrogens with two attached hydrogens (primary N) is 1. The second-order valence-electron chi connectivity index (χ2n) is 2.69. The molecule has 0 unspecified atom stereocenters. The highest BCUT2D eigenvalue weighted by Crippen LogP contribution is 2.00. The largest absolute Gasteiger partial charge is 0.476 e. The van der Waals surface area contributed by atoms with E-state index in [-0.39, 0.29) is 12.3 Å². The van der Waals surface area contributed by atoms with Crippen LogP contribution < -0.4 is 11.1 Å². The first kappa shape index (κ1) is 11.7. The molecule has 0 aliphatic heterocycles. The Morgan fingerprint density at radius 3 is 2.69 bits per heavy atom. The van der Waals surface area contributed by atoms with Crippen LogP contribution in [0.3, 0.4) is 0 Å². The molecule has 1 rings (SSSR count). The van der Waals surface area contributed by atoms with Crippen molar-refractivity contribution < 1.29 is 19.4 Å². The van der Waals surface area contributed by atoms with E-state index in [2.05, 4.69) is 20.0 Å². The number of aromatic carboxylic acids is 1. The normalized spacial score (nSPS) is 9.50. The number of hydrogen-bond donors (Lipinski definition) is 3. The first-order chi connectivity index (χ1) is 7.59. The van der Waals surface area contributed by atoms with Crippen LogP contribution in [0.25, 0.3) is 0 Å². The number of aromatic nitrogens is 2. The van der Waals surface area contributed by atoms with Crippen LogP contribution in [0.1, 0.15) is 10.5 Å². The Morgan fingerprint density at radius 2 is 2.19 bits per heavy atom. The van der Waals surface area contributed by atoms with Crippen molar-refractivity contribution in [2.45, 2.75) is 0 Å². The van der Waals surface area contributed by atoms with Gasteiger partial charge in [0, 0.05) is 0 Å². The van der Waals surface area contributed by atoms with E-state index in [1.165, 1.54) is 6.20 Å². The molecule has 0 aromatic carbocycles. The quantitative estimate of drug-likeness (QED) is 0.587. The molecule has 1 heterocycles. The van der Waals surface area contributed by atoms with Crippen molar-refractivity contribution in [1.29, 1.82) is 0 Å². The summed E-state index contributed by atoms with van der Waals surface area (Å²) in [7, 11) is 0. The molecule has 86 valence electrons. The predicted octanol–water partition coefficient (Wildman–Crippen LogP) is -0.318. The van der Waals surface area contributed by atoms with Gasteiger partial charge in [-0.1, -0.05) is 0 Å². The molecular formula is C8H10N4O4. The van der Waals surface area contributed by atoms with Crippen LogP contribution in [0.15, 0.2) is 12.4 Å². The Bertz CT molecular complexity index is 378. The summed E-state index contributed by atoms with van der Waals surface area (Å²) in [6, 6.07) is 0. The molecule has 0 aliphatic rings. The smallest absolute Gasteiger partial charge is 0.404 e. The van der Waals surface area contributed by atoms with E-state index in [9.17, 15) is 9.59 Å². The lowest BCUT2D eigenvalue weighted by atomic mass is 10.4. The summed E-state index contributed by atoms with van der Waals surface area (Å²) in [5.74, 6) is -0.755. The van der Waals surface area contributed by atoms with Gasteiger partial charge in [-0.05, 0) is 0 Å². The predicted molar refractivity (Wildman–Crippen MR) is 53.0 cm³/mol. The number of carbonyl (C=O) groups is 2. The van der Waals surface area contributed by atoms with Gasteiger partial charge in [-0.2, -0.15) is 0 Å². The monoisotopic (exact) mass is 226 g/mol. The Hall–Kier alpha value is -2.38. The molecule has 0 fully saturated rings. The van der Waals surface area contributed by atoms with Crippen molar-refractivity contribution in [2.24, 2.45) is 5.73 Å². The second kappa shape index (κ2) is 5.49. The third-order valence-corrected chi connectivity index (χ3v) is 1.52. The molecule has 1 amide bonds. The molecule has 4 N–H and O–H groups in total. The van der Waals surface area contributed by atoms with Gasteiger partial charge in [0.05, 0.1) is 18.9 Å². The number of amides is 1. The van der Waals surface area contributed by atoms with Crippen molar-refractivity contribution in [3.8, 4) is 0 Å². The molecule has 8 heteroatoms. The number of hydrogen-bond acceptors (Lipinski definition) is 6. The number of ether oxygens (including phenoxy) is 1. The van der Waals surface area contributed by atoms with Gasteiger partial charge < -0.3 is 20.9 Å². The molecular weight excluding hydrogens is 216 g/mol. The fraction of sp³-hybridized carbons (Fsp3) is 0.250. The van der Waals surface area contributed by atoms with Gasteiger partial charge in [0.15, 0.2) is 5.69 Å². The van der Waals surface area contributed by atoms with Gasteiger partial charge in [0.2, 0.25) is 0 Å². The van der Waals surface area contributed by atoms with E-state index in [1.807, 2.05) is 0 Å². The van der Waals surface area contributed by atoms with Crippen molar-refractivity contribution in [1.82, 2.24) is 9.97 Å². The number of anilines is 1. The van der Waals surface area contributed by atoms with Crippen molar-refractivity contribution in [3.05, 3.63) is 18.1 Å². The molecule has 0 saturated carbocycles. The van der Waals surface area contributed by atoms with E-state index in [1.54, 1.807) is 0 Å². The number of carboxylic acid groups (broad SMARTS) is 1. The van der Waals surface area contributed by atoms with Gasteiger partial charge in [-0.25, -0.2) is 19.6 Å². The Morgan fingerprint density at radius 1 is 1.44 bits per heavy atom. The highest BCUT2D eigenvalue weighted by molar-refractivity contribution is 5.84. The molecule has 8 nitrogen and oxygen atoms in total. The standard InChI is InChI=1S/C8H10N4O4/c9-8(15)16-2-1-10-6-4-11-5(3-12-6)7(13)14/h3-4H,1-2H2,(H2,9,15)(H,10,12)(H,13,14). The van der Waals surface area contributed by atoms with Crippen LogP contribution in [-0.4, -0.2) is 40.3 Å². The fourth-order valence-corrected chi connectivity index (χ4v) is 0.860. The summed E-state index contributed by atoms with van der Waals surface area (Å²) in [6.07, 6.45) is 1.54. The third kappa shape index (κ3) is 3.78. The maximum absolute atomic E-state index is 10.5. The highest BCUT2D eigenvalue weighted by atomic mass is 16.5. The third-order valence-electron chi connectivity index (χ3n) is 1.52. The average molecular weight is 226 g/mol. The minimum absolute atomic E-state index is 0.0949. The summed E-state index contributed by atoms with van der Waals surface area (Å²) < 4.78 is 4.46. The summed E-state index contributed by atoms with van der Waals surface area (Å²) in [5.41, 5.74) is 4.60. The maximum Gasteiger partial charge on any atom is 0.404 e. The van der Waals surface area contributed by atoms with Crippen molar-refractivity contribution >= 4 is 17.9 Å². The van der Waals surface area contributed by atoms with Gasteiger partial charge >= 0.3 is 12.1 Å². The lowest BCUT2D eigenvalue weighted by Crippen LogP contribution is -2.18. The zero-order valence-electron chi connectivity index (χ0n) is 8.21. The lowest BCUT2D eigenvalue weighted by molar-refractivity contribution is 0.0690. The van der Waals surface area contributed by atoms with Gasteiger partial charge in [0.1, 0.15) is 12.4 Å². The van der Waals surface area contributed by atoms with Crippen LogP contribution in [0.5, 0.6) is 0 Å². The van der Waals surface area contributed by atoms with Crippen molar-refractivity contribution in [2.75, 3.05) is 18.5 Å². The van der Waals surface area contributed by atoms with Crippen molar-refractivity contribution in [3.63, 3.8) is 0 Å². The number of carboxylic acids is 1. The zero-order chi connectivity index (χ0) is 12.0. The Balaban J connectivity index is 2.38. The van der Waals surface area contributed by atoms with Gasteiger partial charge in [0.25, 0.3) is 0 Å². The highest BCUT2D eigenvalue weighted by Gasteiger charge is 2.04. The molecule has 0 atom stereocenters. The topological polar surface area (TPSA) is 127 Å². The SMILES string of the molecule is NC(=O)OCCNc1cnc(C(=O)O)cn1. The van der Waals surface area contributed by atoms with E-state index >= 15 is 0 Å². The summed E-state index contributed by atoms with van der Waals surface area (Å²) in [6.45, 7) is 0.404. The first-order valence-electron chi connectivity index (χ1n) is 4.31. The van der Waals surface area contributed by atoms with E-state index in [0.717, 1.165) is 6.20 Å². The number of primary amides is 1. The number of nitrogens with one attached hydrogen (secondary N) is 1. The fourth-order valence-electron chi connectivity index (χ4n) is 0.860. The van der Waals surface area contributed by atoms with Crippen LogP contribution in [0.4, 0.5) is 10.6 Å². The molecule has 0 radical (unpaired) electrons. The van der Waals surface area contributed by atoms with Crippen LogP contribution >= 0.6 is 0 Å². The van der Waals surface area contributed by atoms with E-state index in [0.29, 0.717) is 12.4 Å². The minimum Gasteiger partial charge on any atom is -0.476 e. The Kier molecular flexibility index (Phi) is 4.01. The summed E-state index contributed by atoms with van der Waals surface area (Å²) in [4.78, 5) is 28.1. The van der Waals surface area contributed by atoms with E-state index < -0.39 is 12.1 Å². The molecule has 0 aliphatic carbocycles. The first-order valence-corrected chi connectivity index (χ1v) is 4.31. The maximum atomic E-state index is 10.5. The van der Waals surface area contributed by atoms with Gasteiger partial charge in [-0.3, -0.25) is 0 Å². The molecule has 16 heavy (non-hydrogen) atoms. The average Bonchev–Trinajstić information content (AvgIpc) is 2.25. The Labute approximate surface area is 90.5 Å². The number of rotatable bonds is 5. The van der Waals surface area contributed by atoms with E-state index in [4.69, 9.17) is 10.8 Å². The molecule has 1 aromatic rings. The van der Waals surface area contributed by atoms with Crippen LogP contribution in [-0.2, 0) is 4.74 Å².